The molecule has 0 spiro atoms. The second-order valence-corrected chi connectivity index (χ2v) is 5.59. The van der Waals surface area contributed by atoms with Gasteiger partial charge in [-0.25, -0.2) is 0 Å². The number of H-pyrrole nitrogens is 1. The van der Waals surface area contributed by atoms with Gasteiger partial charge in [-0.3, -0.25) is 9.59 Å². The Bertz CT molecular complexity index is 701. The average Bonchev–Trinajstić information content (AvgIpc) is 3.01. The van der Waals surface area contributed by atoms with Gasteiger partial charge in [-0.2, -0.15) is 0 Å². The predicted molar refractivity (Wildman–Crippen MR) is 79.2 cm³/mol. The number of aryl methyl sites for hydroxylation is 1. The normalized spacial score (nSPS) is 20.2. The van der Waals surface area contributed by atoms with Gasteiger partial charge in [0.1, 0.15) is 17.2 Å². The first-order valence-corrected chi connectivity index (χ1v) is 7.19. The molecule has 110 valence electrons. The maximum absolute atomic E-state index is 11.8. The van der Waals surface area contributed by atoms with E-state index in [-0.39, 0.29) is 17.0 Å². The lowest BCUT2D eigenvalue weighted by atomic mass is 10.2. The highest BCUT2D eigenvalue weighted by Crippen LogP contribution is 2.47. The quantitative estimate of drug-likeness (QED) is 0.887. The van der Waals surface area contributed by atoms with Crippen LogP contribution in [0.3, 0.4) is 0 Å². The second kappa shape index (κ2) is 5.60. The molecule has 21 heavy (non-hydrogen) atoms. The molecule has 0 radical (unpaired) electrons. The third-order valence-corrected chi connectivity index (χ3v) is 3.85. The van der Waals surface area contributed by atoms with Crippen LogP contribution in [0.5, 0.6) is 0 Å². The molecule has 1 amide bonds. The van der Waals surface area contributed by atoms with E-state index in [0.717, 1.165) is 11.5 Å². The van der Waals surface area contributed by atoms with Crippen LogP contribution in [-0.2, 0) is 11.2 Å². The minimum Gasteiger partial charge on any atom is -0.466 e. The molecule has 2 N–H and O–H groups in total. The Morgan fingerprint density at radius 2 is 2.24 bits per heavy atom. The maximum atomic E-state index is 11.8. The molecule has 1 aliphatic carbocycles. The Kier molecular flexibility index (Phi) is 3.64. The van der Waals surface area contributed by atoms with E-state index in [1.165, 1.54) is 24.9 Å². The van der Waals surface area contributed by atoms with Crippen molar-refractivity contribution < 1.29 is 9.21 Å². The van der Waals surface area contributed by atoms with Crippen molar-refractivity contribution in [1.29, 1.82) is 0 Å². The lowest BCUT2D eigenvalue weighted by molar-refractivity contribution is -0.116. The van der Waals surface area contributed by atoms with Crippen LogP contribution in [-0.4, -0.2) is 10.9 Å². The fourth-order valence-corrected chi connectivity index (χ4v) is 2.41. The molecule has 0 aliphatic heterocycles. The van der Waals surface area contributed by atoms with Crippen LogP contribution in [0.2, 0.25) is 0 Å². The zero-order chi connectivity index (χ0) is 14.8. The van der Waals surface area contributed by atoms with Gasteiger partial charge in [0.25, 0.3) is 0 Å². The van der Waals surface area contributed by atoms with E-state index in [9.17, 15) is 9.59 Å². The number of carbonyl (C=O) groups is 1. The number of aromatic amines is 1. The van der Waals surface area contributed by atoms with Crippen molar-refractivity contribution in [1.82, 2.24) is 4.98 Å². The number of rotatable bonds is 5. The summed E-state index contributed by atoms with van der Waals surface area (Å²) in [5.74, 6) is 2.91. The van der Waals surface area contributed by atoms with Crippen molar-refractivity contribution in [3.63, 3.8) is 0 Å². The van der Waals surface area contributed by atoms with Gasteiger partial charge >= 0.3 is 0 Å². The first kappa shape index (κ1) is 13.7. The number of furan rings is 1. The van der Waals surface area contributed by atoms with E-state index in [1.807, 2.05) is 12.1 Å². The third kappa shape index (κ3) is 3.24. The van der Waals surface area contributed by atoms with Crippen molar-refractivity contribution in [3.8, 4) is 0 Å². The number of amides is 1. The van der Waals surface area contributed by atoms with Gasteiger partial charge < -0.3 is 14.7 Å². The summed E-state index contributed by atoms with van der Waals surface area (Å²) in [4.78, 5) is 26.1. The number of anilines is 1. The Morgan fingerprint density at radius 1 is 1.43 bits per heavy atom. The molecule has 2 aromatic heterocycles. The highest BCUT2D eigenvalue weighted by Gasteiger charge is 2.36. The van der Waals surface area contributed by atoms with E-state index in [1.54, 1.807) is 0 Å². The van der Waals surface area contributed by atoms with E-state index >= 15 is 0 Å². The summed E-state index contributed by atoms with van der Waals surface area (Å²) in [6.45, 7) is 2.21. The standard InChI is InChI=1S/C16H18N2O3/c1-10-8-12(10)15-4-2-11(21-15)3-5-16(20)18-13-9-17-7-6-14(13)19/h2,4,6-7,9-10,12H,3,5,8H2,1H3,(H,17,19)(H,18,20)/t10-,12-/m1/s1. The molecule has 1 fully saturated rings. The summed E-state index contributed by atoms with van der Waals surface area (Å²) in [6, 6.07) is 5.32. The Balaban J connectivity index is 1.53. The number of nitrogens with one attached hydrogen (secondary N) is 2. The number of aromatic nitrogens is 1. The van der Waals surface area contributed by atoms with E-state index in [4.69, 9.17) is 4.42 Å². The van der Waals surface area contributed by atoms with Crippen LogP contribution < -0.4 is 10.7 Å². The molecule has 5 heteroatoms. The van der Waals surface area contributed by atoms with Crippen molar-refractivity contribution >= 4 is 11.6 Å². The Morgan fingerprint density at radius 3 is 2.95 bits per heavy atom. The fraction of sp³-hybridized carbons (Fsp3) is 0.375. The fourth-order valence-electron chi connectivity index (χ4n) is 2.41. The summed E-state index contributed by atoms with van der Waals surface area (Å²) in [6.07, 6.45) is 5.03. The zero-order valence-corrected chi connectivity index (χ0v) is 11.9. The summed E-state index contributed by atoms with van der Waals surface area (Å²) < 4.78 is 5.75. The Labute approximate surface area is 122 Å². The minimum atomic E-state index is -0.204. The molecule has 5 nitrogen and oxygen atoms in total. The van der Waals surface area contributed by atoms with Gasteiger partial charge in [-0.05, 0) is 24.5 Å². The van der Waals surface area contributed by atoms with Crippen molar-refractivity contribution in [2.75, 3.05) is 5.32 Å². The van der Waals surface area contributed by atoms with Crippen LogP contribution in [0.1, 0.15) is 37.2 Å². The molecule has 3 rings (SSSR count). The summed E-state index contributed by atoms with van der Waals surface area (Å²) >= 11 is 0. The minimum absolute atomic E-state index is 0.190. The molecule has 2 heterocycles. The van der Waals surface area contributed by atoms with Crippen LogP contribution in [0.25, 0.3) is 0 Å². The number of hydrogen-bond acceptors (Lipinski definition) is 3. The van der Waals surface area contributed by atoms with Crippen LogP contribution in [0.15, 0.2) is 39.8 Å². The van der Waals surface area contributed by atoms with Gasteiger partial charge in [0.05, 0.1) is 0 Å². The first-order chi connectivity index (χ1) is 10.1. The van der Waals surface area contributed by atoms with E-state index in [0.29, 0.717) is 24.7 Å². The molecular weight excluding hydrogens is 268 g/mol. The lowest BCUT2D eigenvalue weighted by Crippen LogP contribution is -2.18. The van der Waals surface area contributed by atoms with Gasteiger partial charge in [-0.15, -0.1) is 0 Å². The van der Waals surface area contributed by atoms with E-state index < -0.39 is 0 Å². The van der Waals surface area contributed by atoms with Gasteiger partial charge in [0, 0.05) is 37.2 Å². The molecule has 2 aromatic rings. The smallest absolute Gasteiger partial charge is 0.224 e. The summed E-state index contributed by atoms with van der Waals surface area (Å²) in [7, 11) is 0. The monoisotopic (exact) mass is 286 g/mol. The summed E-state index contributed by atoms with van der Waals surface area (Å²) in [5.41, 5.74) is 0.0690. The number of hydrogen-bond donors (Lipinski definition) is 2. The first-order valence-electron chi connectivity index (χ1n) is 7.19. The average molecular weight is 286 g/mol. The van der Waals surface area contributed by atoms with Gasteiger partial charge in [0.15, 0.2) is 0 Å². The molecule has 0 unspecified atom stereocenters. The largest absolute Gasteiger partial charge is 0.466 e. The van der Waals surface area contributed by atoms with Crippen molar-refractivity contribution in [2.24, 2.45) is 5.92 Å². The van der Waals surface area contributed by atoms with Crippen LogP contribution >= 0.6 is 0 Å². The maximum Gasteiger partial charge on any atom is 0.224 e. The van der Waals surface area contributed by atoms with Crippen LogP contribution in [0.4, 0.5) is 5.69 Å². The van der Waals surface area contributed by atoms with E-state index in [2.05, 4.69) is 17.2 Å². The van der Waals surface area contributed by atoms with Gasteiger partial charge in [-0.1, -0.05) is 6.92 Å². The molecule has 1 aliphatic rings. The highest BCUT2D eigenvalue weighted by molar-refractivity contribution is 5.90. The second-order valence-electron chi connectivity index (χ2n) is 5.59. The van der Waals surface area contributed by atoms with Crippen LogP contribution in [0, 0.1) is 5.92 Å². The molecule has 0 saturated heterocycles. The molecule has 1 saturated carbocycles. The van der Waals surface area contributed by atoms with Crippen molar-refractivity contribution in [3.05, 3.63) is 52.3 Å². The molecular formula is C16H18N2O3. The SMILES string of the molecule is C[C@@H]1C[C@H]1c1ccc(CCC(=O)Nc2c[nH]ccc2=O)o1. The molecule has 0 bridgehead atoms. The molecule has 0 aromatic carbocycles. The lowest BCUT2D eigenvalue weighted by Gasteiger charge is -2.03. The van der Waals surface area contributed by atoms with Gasteiger partial charge in [0.2, 0.25) is 11.3 Å². The Hall–Kier alpha value is -2.30. The highest BCUT2D eigenvalue weighted by atomic mass is 16.3. The number of pyridine rings is 1. The molecule has 2 atom stereocenters. The topological polar surface area (TPSA) is 75.1 Å². The third-order valence-electron chi connectivity index (χ3n) is 3.85. The number of carbonyl (C=O) groups excluding carboxylic acids is 1. The van der Waals surface area contributed by atoms with Crippen molar-refractivity contribution in [2.45, 2.75) is 32.1 Å². The predicted octanol–water partition coefficient (Wildman–Crippen LogP) is 2.66. The zero-order valence-electron chi connectivity index (χ0n) is 11.9. The summed E-state index contributed by atoms with van der Waals surface area (Å²) in [5, 5.41) is 2.61.